The zero-order valence-corrected chi connectivity index (χ0v) is 14.1. The third-order valence-corrected chi connectivity index (χ3v) is 4.54. The maximum atomic E-state index is 11.9. The first-order chi connectivity index (χ1) is 10.4. The van der Waals surface area contributed by atoms with Gasteiger partial charge in [0.25, 0.3) is 5.91 Å². The highest BCUT2D eigenvalue weighted by molar-refractivity contribution is 7.89. The molecular weight excluding hydrogens is 304 g/mol. The number of ether oxygens (including phenoxy) is 1. The summed E-state index contributed by atoms with van der Waals surface area (Å²) in [6.45, 7) is 6.10. The Balaban J connectivity index is 2.57. The molecule has 0 aliphatic heterocycles. The first-order valence-corrected chi connectivity index (χ1v) is 8.89. The highest BCUT2D eigenvalue weighted by Crippen LogP contribution is 2.15. The summed E-state index contributed by atoms with van der Waals surface area (Å²) in [6.07, 6.45) is 1.58. The molecule has 0 saturated carbocycles. The third-order valence-electron chi connectivity index (χ3n) is 3.07. The second-order valence-electron chi connectivity index (χ2n) is 5.03. The minimum atomic E-state index is -3.47. The van der Waals surface area contributed by atoms with E-state index in [1.807, 2.05) is 20.8 Å². The smallest absolute Gasteiger partial charge is 0.258 e. The molecule has 0 spiro atoms. The van der Waals surface area contributed by atoms with Crippen LogP contribution in [0.4, 0.5) is 0 Å². The monoisotopic (exact) mass is 328 g/mol. The lowest BCUT2D eigenvalue weighted by molar-refractivity contribution is -0.123. The molecule has 1 aromatic rings. The summed E-state index contributed by atoms with van der Waals surface area (Å²) >= 11 is 0. The molecule has 1 rings (SSSR count). The van der Waals surface area contributed by atoms with Gasteiger partial charge in [-0.15, -0.1) is 0 Å². The third kappa shape index (κ3) is 6.03. The minimum absolute atomic E-state index is 0.0927. The zero-order chi connectivity index (χ0) is 16.6. The van der Waals surface area contributed by atoms with Crippen molar-refractivity contribution in [3.8, 4) is 5.75 Å². The fraction of sp³-hybridized carbons (Fsp3) is 0.533. The Hall–Kier alpha value is -1.60. The summed E-state index contributed by atoms with van der Waals surface area (Å²) < 4.78 is 31.6. The van der Waals surface area contributed by atoms with E-state index in [1.165, 1.54) is 24.3 Å². The Morgan fingerprint density at radius 1 is 1.23 bits per heavy atom. The van der Waals surface area contributed by atoms with Crippen molar-refractivity contribution in [1.29, 1.82) is 0 Å². The van der Waals surface area contributed by atoms with Crippen LogP contribution in [0.2, 0.25) is 0 Å². The molecule has 0 heterocycles. The predicted molar refractivity (Wildman–Crippen MR) is 85.3 cm³/mol. The van der Waals surface area contributed by atoms with Crippen LogP contribution in [0.25, 0.3) is 0 Å². The Kier molecular flexibility index (Phi) is 7.34. The van der Waals surface area contributed by atoms with Crippen LogP contribution in [0.3, 0.4) is 0 Å². The molecule has 7 heteroatoms. The largest absolute Gasteiger partial charge is 0.484 e. The van der Waals surface area contributed by atoms with Crippen LogP contribution in [0.5, 0.6) is 5.75 Å². The number of carbonyl (C=O) groups is 1. The van der Waals surface area contributed by atoms with Crippen molar-refractivity contribution in [3.63, 3.8) is 0 Å². The van der Waals surface area contributed by atoms with Gasteiger partial charge in [-0.3, -0.25) is 4.79 Å². The lowest BCUT2D eigenvalue weighted by Crippen LogP contribution is -2.35. The van der Waals surface area contributed by atoms with E-state index in [2.05, 4.69) is 10.0 Å². The second-order valence-corrected chi connectivity index (χ2v) is 6.80. The van der Waals surface area contributed by atoms with Crippen LogP contribution < -0.4 is 14.8 Å². The molecule has 1 atom stereocenters. The summed E-state index contributed by atoms with van der Waals surface area (Å²) in [5.74, 6) is 0.254. The van der Waals surface area contributed by atoms with Crippen LogP contribution in [0.1, 0.15) is 33.6 Å². The Bertz CT molecular complexity index is 570. The summed E-state index contributed by atoms with van der Waals surface area (Å²) in [6, 6.07) is 6.10. The van der Waals surface area contributed by atoms with Gasteiger partial charge < -0.3 is 10.1 Å². The lowest BCUT2D eigenvalue weighted by Gasteiger charge is -2.12. The number of sulfonamides is 1. The number of hydrogen-bond acceptors (Lipinski definition) is 4. The van der Waals surface area contributed by atoms with Crippen LogP contribution >= 0.6 is 0 Å². The maximum absolute atomic E-state index is 11.9. The fourth-order valence-corrected chi connectivity index (χ4v) is 2.74. The summed E-state index contributed by atoms with van der Waals surface area (Å²) in [4.78, 5) is 11.8. The molecule has 0 unspecified atom stereocenters. The number of amides is 1. The van der Waals surface area contributed by atoms with Gasteiger partial charge in [0.1, 0.15) is 5.75 Å². The Morgan fingerprint density at radius 3 is 2.41 bits per heavy atom. The van der Waals surface area contributed by atoms with Crippen molar-refractivity contribution in [2.45, 2.75) is 44.6 Å². The quantitative estimate of drug-likeness (QED) is 0.722. The van der Waals surface area contributed by atoms with Gasteiger partial charge in [0.15, 0.2) is 6.61 Å². The van der Waals surface area contributed by atoms with Crippen molar-refractivity contribution in [2.24, 2.45) is 0 Å². The van der Waals surface area contributed by atoms with E-state index >= 15 is 0 Å². The van der Waals surface area contributed by atoms with Gasteiger partial charge >= 0.3 is 0 Å². The number of benzene rings is 1. The SMILES string of the molecule is CCCNS(=O)(=O)c1ccc(OCC(=O)N[C@H](C)CC)cc1. The van der Waals surface area contributed by atoms with Gasteiger partial charge in [0.05, 0.1) is 4.90 Å². The number of hydrogen-bond donors (Lipinski definition) is 2. The molecule has 0 aliphatic carbocycles. The van der Waals surface area contributed by atoms with E-state index in [4.69, 9.17) is 4.74 Å². The van der Waals surface area contributed by atoms with Crippen molar-refractivity contribution in [2.75, 3.05) is 13.2 Å². The zero-order valence-electron chi connectivity index (χ0n) is 13.3. The van der Waals surface area contributed by atoms with E-state index < -0.39 is 10.0 Å². The Labute approximate surface area is 132 Å². The van der Waals surface area contributed by atoms with Crippen LogP contribution in [0, 0.1) is 0 Å². The molecule has 0 aliphatic rings. The fourth-order valence-electron chi connectivity index (χ4n) is 1.60. The van der Waals surface area contributed by atoms with Gasteiger partial charge in [-0.25, -0.2) is 13.1 Å². The van der Waals surface area contributed by atoms with Gasteiger partial charge in [0, 0.05) is 12.6 Å². The standard InChI is InChI=1S/C15H24N2O4S/c1-4-10-16-22(19,20)14-8-6-13(7-9-14)21-11-15(18)17-12(3)5-2/h6-9,12,16H,4-5,10-11H2,1-3H3,(H,17,18)/t12-/m1/s1. The lowest BCUT2D eigenvalue weighted by atomic mass is 10.2. The van der Waals surface area contributed by atoms with Gasteiger partial charge in [-0.05, 0) is 44.0 Å². The second kappa shape index (κ2) is 8.75. The number of carbonyl (C=O) groups excluding carboxylic acids is 1. The van der Waals surface area contributed by atoms with Crippen LogP contribution in [0.15, 0.2) is 29.2 Å². The topological polar surface area (TPSA) is 84.5 Å². The maximum Gasteiger partial charge on any atom is 0.258 e. The van der Waals surface area contributed by atoms with E-state index in [9.17, 15) is 13.2 Å². The predicted octanol–water partition coefficient (Wildman–Crippen LogP) is 1.67. The number of rotatable bonds is 9. The van der Waals surface area contributed by atoms with Gasteiger partial charge in [-0.2, -0.15) is 0 Å². The first kappa shape index (κ1) is 18.4. The highest BCUT2D eigenvalue weighted by atomic mass is 32.2. The molecular formula is C15H24N2O4S. The van der Waals surface area contributed by atoms with E-state index in [0.717, 1.165) is 12.8 Å². The molecule has 6 nitrogen and oxygen atoms in total. The van der Waals surface area contributed by atoms with Crippen molar-refractivity contribution >= 4 is 15.9 Å². The molecule has 124 valence electrons. The van der Waals surface area contributed by atoms with Gasteiger partial charge in [-0.1, -0.05) is 13.8 Å². The van der Waals surface area contributed by atoms with Crippen molar-refractivity contribution < 1.29 is 17.9 Å². The summed E-state index contributed by atoms with van der Waals surface area (Å²) in [5.41, 5.74) is 0. The molecule has 0 bridgehead atoms. The van der Waals surface area contributed by atoms with Crippen molar-refractivity contribution in [3.05, 3.63) is 24.3 Å². The van der Waals surface area contributed by atoms with E-state index in [-0.39, 0.29) is 23.5 Å². The number of nitrogens with one attached hydrogen (secondary N) is 2. The molecule has 0 saturated heterocycles. The molecule has 0 aromatic heterocycles. The molecule has 2 N–H and O–H groups in total. The molecule has 1 amide bonds. The molecule has 22 heavy (non-hydrogen) atoms. The highest BCUT2D eigenvalue weighted by Gasteiger charge is 2.13. The average Bonchev–Trinajstić information content (AvgIpc) is 2.51. The minimum Gasteiger partial charge on any atom is -0.484 e. The summed E-state index contributed by atoms with van der Waals surface area (Å²) in [5, 5.41) is 2.79. The molecule has 0 fully saturated rings. The van der Waals surface area contributed by atoms with Crippen LogP contribution in [-0.4, -0.2) is 33.5 Å². The van der Waals surface area contributed by atoms with Gasteiger partial charge in [0.2, 0.25) is 10.0 Å². The van der Waals surface area contributed by atoms with Crippen LogP contribution in [-0.2, 0) is 14.8 Å². The van der Waals surface area contributed by atoms with Crippen molar-refractivity contribution in [1.82, 2.24) is 10.0 Å². The first-order valence-electron chi connectivity index (χ1n) is 7.41. The average molecular weight is 328 g/mol. The Morgan fingerprint density at radius 2 is 1.86 bits per heavy atom. The molecule has 1 aromatic carbocycles. The van der Waals surface area contributed by atoms with E-state index in [1.54, 1.807) is 0 Å². The van der Waals surface area contributed by atoms with E-state index in [0.29, 0.717) is 12.3 Å². The summed E-state index contributed by atoms with van der Waals surface area (Å²) in [7, 11) is -3.47. The normalized spacial score (nSPS) is 12.7. The molecule has 0 radical (unpaired) electrons.